The van der Waals surface area contributed by atoms with Crippen LogP contribution in [-0.2, 0) is 12.8 Å². The van der Waals surface area contributed by atoms with Crippen LogP contribution in [0.5, 0.6) is 0 Å². The fraction of sp³-hybridized carbons (Fsp3) is 0.333. The summed E-state index contributed by atoms with van der Waals surface area (Å²) >= 11 is 1.37. The van der Waals surface area contributed by atoms with Crippen LogP contribution in [0.25, 0.3) is 10.9 Å². The van der Waals surface area contributed by atoms with Crippen molar-refractivity contribution in [2.24, 2.45) is 5.92 Å². The molecule has 0 atom stereocenters. The highest BCUT2D eigenvalue weighted by Crippen LogP contribution is 2.23. The highest BCUT2D eigenvalue weighted by Gasteiger charge is 2.22. The van der Waals surface area contributed by atoms with Crippen molar-refractivity contribution in [2.45, 2.75) is 31.7 Å². The van der Waals surface area contributed by atoms with Crippen LogP contribution in [0.3, 0.4) is 0 Å². The molecule has 0 saturated heterocycles. The topological polar surface area (TPSA) is 75.6 Å². The van der Waals surface area contributed by atoms with Gasteiger partial charge in [-0.15, -0.1) is 0 Å². The lowest BCUT2D eigenvalue weighted by Gasteiger charge is -2.12. The summed E-state index contributed by atoms with van der Waals surface area (Å²) in [6, 6.07) is 8.01. The van der Waals surface area contributed by atoms with E-state index in [1.54, 1.807) is 0 Å². The molecule has 2 N–H and O–H groups in total. The molecule has 0 unspecified atom stereocenters. The zero-order chi connectivity index (χ0) is 17.3. The van der Waals surface area contributed by atoms with Gasteiger partial charge < -0.3 is 15.2 Å². The third-order valence-corrected chi connectivity index (χ3v) is 4.85. The fourth-order valence-corrected chi connectivity index (χ4v) is 3.60. The zero-order valence-electron chi connectivity index (χ0n) is 14.1. The van der Waals surface area contributed by atoms with Gasteiger partial charge in [0, 0.05) is 29.9 Å². The van der Waals surface area contributed by atoms with Crippen molar-refractivity contribution in [1.29, 1.82) is 0 Å². The van der Waals surface area contributed by atoms with Crippen molar-refractivity contribution in [2.75, 3.05) is 6.26 Å². The van der Waals surface area contributed by atoms with Gasteiger partial charge in [0.25, 0.3) is 10.7 Å². The molecular formula is C18H21N3O2S. The summed E-state index contributed by atoms with van der Waals surface area (Å²) in [6.07, 6.45) is 4.78. The van der Waals surface area contributed by atoms with Crippen molar-refractivity contribution in [1.82, 2.24) is 9.97 Å². The largest absolute Gasteiger partial charge is 0.618 e. The number of para-hydroxylation sites is 1. The second-order valence-electron chi connectivity index (χ2n) is 6.32. The van der Waals surface area contributed by atoms with Gasteiger partial charge in [-0.05, 0) is 23.8 Å². The lowest BCUT2D eigenvalue weighted by atomic mass is 10.1. The number of rotatable bonds is 5. The smallest absolute Gasteiger partial charge is 0.317 e. The number of fused-ring (bicyclic) bond motifs is 1. The van der Waals surface area contributed by atoms with E-state index < -0.39 is 0 Å². The summed E-state index contributed by atoms with van der Waals surface area (Å²) in [7, 11) is 0. The third-order valence-electron chi connectivity index (χ3n) is 4.05. The SMILES string of the molecule is CSc1c(Cc2c[nH]c3ccccc23)[nH]c(=O)c(CC(C)C)[n+]1[O-]. The van der Waals surface area contributed by atoms with Crippen LogP contribution in [0.4, 0.5) is 0 Å². The van der Waals surface area contributed by atoms with Gasteiger partial charge in [0.1, 0.15) is 5.69 Å². The Hall–Kier alpha value is -2.21. The lowest BCUT2D eigenvalue weighted by molar-refractivity contribution is -0.656. The summed E-state index contributed by atoms with van der Waals surface area (Å²) < 4.78 is 0.813. The number of thioether (sulfide) groups is 1. The molecule has 126 valence electrons. The molecule has 0 bridgehead atoms. The van der Waals surface area contributed by atoms with E-state index >= 15 is 0 Å². The molecule has 0 aliphatic heterocycles. The molecule has 3 rings (SSSR count). The van der Waals surface area contributed by atoms with Crippen LogP contribution in [0.1, 0.15) is 30.8 Å². The molecule has 2 aromatic heterocycles. The van der Waals surface area contributed by atoms with Crippen molar-refractivity contribution in [3.63, 3.8) is 0 Å². The van der Waals surface area contributed by atoms with E-state index in [4.69, 9.17) is 0 Å². The summed E-state index contributed by atoms with van der Waals surface area (Å²) in [5.74, 6) is 0.250. The predicted octanol–water partition coefficient (Wildman–Crippen LogP) is 3.00. The van der Waals surface area contributed by atoms with Crippen LogP contribution in [0.2, 0.25) is 0 Å². The number of nitrogens with one attached hydrogen (secondary N) is 2. The minimum atomic E-state index is -0.286. The van der Waals surface area contributed by atoms with Gasteiger partial charge in [0.2, 0.25) is 0 Å². The summed E-state index contributed by atoms with van der Waals surface area (Å²) in [5, 5.41) is 14.3. The minimum absolute atomic E-state index is 0.250. The Morgan fingerprint density at radius 1 is 1.29 bits per heavy atom. The maximum atomic E-state index is 12.6. The third kappa shape index (κ3) is 3.06. The minimum Gasteiger partial charge on any atom is -0.618 e. The monoisotopic (exact) mass is 343 g/mol. The molecule has 5 nitrogen and oxygen atoms in total. The fourth-order valence-electron chi connectivity index (χ4n) is 2.96. The van der Waals surface area contributed by atoms with E-state index in [-0.39, 0.29) is 17.2 Å². The highest BCUT2D eigenvalue weighted by atomic mass is 32.2. The first-order valence-corrected chi connectivity index (χ1v) is 9.20. The second-order valence-corrected chi connectivity index (χ2v) is 7.11. The Morgan fingerprint density at radius 3 is 2.75 bits per heavy atom. The van der Waals surface area contributed by atoms with E-state index in [1.165, 1.54) is 11.8 Å². The van der Waals surface area contributed by atoms with Crippen LogP contribution < -0.4 is 10.3 Å². The number of aromatic nitrogens is 3. The Kier molecular flexibility index (Phi) is 4.66. The van der Waals surface area contributed by atoms with Gasteiger partial charge >= 0.3 is 5.56 Å². The number of benzene rings is 1. The number of nitrogens with zero attached hydrogens (tertiary/aromatic N) is 1. The molecular weight excluding hydrogens is 322 g/mol. The van der Waals surface area contributed by atoms with Gasteiger partial charge in [-0.3, -0.25) is 4.79 Å². The van der Waals surface area contributed by atoms with E-state index in [2.05, 4.69) is 9.97 Å². The highest BCUT2D eigenvalue weighted by molar-refractivity contribution is 7.98. The molecule has 6 heteroatoms. The number of hydrogen-bond donors (Lipinski definition) is 2. The molecule has 0 fully saturated rings. The molecule has 0 spiro atoms. The number of aromatic amines is 2. The van der Waals surface area contributed by atoms with Gasteiger partial charge in [0.15, 0.2) is 0 Å². The zero-order valence-corrected chi connectivity index (χ0v) is 14.9. The molecule has 0 radical (unpaired) electrons. The first-order valence-electron chi connectivity index (χ1n) is 7.97. The Morgan fingerprint density at radius 2 is 2.04 bits per heavy atom. The molecule has 0 saturated carbocycles. The maximum Gasteiger partial charge on any atom is 0.317 e. The van der Waals surface area contributed by atoms with Crippen molar-refractivity contribution in [3.05, 3.63) is 63.0 Å². The summed E-state index contributed by atoms with van der Waals surface area (Å²) in [4.78, 5) is 18.5. The standard InChI is InChI=1S/C18H21N3O2S/c1-11(2)8-16-17(22)20-15(18(24-3)21(16)23)9-12-10-19-14-7-5-4-6-13(12)14/h4-7,10-11,19H,8-9H2,1-3H3,(H,20,22). The predicted molar refractivity (Wildman–Crippen MR) is 97.5 cm³/mol. The first kappa shape index (κ1) is 16.6. The van der Waals surface area contributed by atoms with E-state index in [9.17, 15) is 10.0 Å². The van der Waals surface area contributed by atoms with Crippen LogP contribution >= 0.6 is 11.8 Å². The first-order chi connectivity index (χ1) is 11.5. The average molecular weight is 343 g/mol. The van der Waals surface area contributed by atoms with E-state index in [1.807, 2.05) is 50.6 Å². The normalized spacial score (nSPS) is 11.5. The Labute approximate surface area is 144 Å². The average Bonchev–Trinajstić information content (AvgIpc) is 2.95. The molecule has 3 aromatic rings. The molecule has 1 aromatic carbocycles. The quantitative estimate of drug-likeness (QED) is 0.425. The van der Waals surface area contributed by atoms with E-state index in [0.717, 1.165) is 21.2 Å². The molecule has 0 aliphatic rings. The molecule has 0 amide bonds. The summed E-state index contributed by atoms with van der Waals surface area (Å²) in [5.41, 5.74) is 2.78. The second kappa shape index (κ2) is 6.73. The van der Waals surface area contributed by atoms with Crippen molar-refractivity contribution in [3.8, 4) is 0 Å². The van der Waals surface area contributed by atoms with Crippen molar-refractivity contribution >= 4 is 22.7 Å². The maximum absolute atomic E-state index is 12.6. The Bertz CT molecular complexity index is 928. The van der Waals surface area contributed by atoms with E-state index in [0.29, 0.717) is 23.6 Å². The van der Waals surface area contributed by atoms with Gasteiger partial charge in [0.05, 0.1) is 0 Å². The summed E-state index contributed by atoms with van der Waals surface area (Å²) in [6.45, 7) is 4.00. The Balaban J connectivity index is 2.06. The van der Waals surface area contributed by atoms with Gasteiger partial charge in [-0.1, -0.05) is 43.8 Å². The molecule has 2 heterocycles. The van der Waals surface area contributed by atoms with Crippen LogP contribution in [0, 0.1) is 11.1 Å². The number of H-pyrrole nitrogens is 2. The molecule has 24 heavy (non-hydrogen) atoms. The number of hydrogen-bond acceptors (Lipinski definition) is 3. The van der Waals surface area contributed by atoms with Gasteiger partial charge in [-0.25, -0.2) is 0 Å². The van der Waals surface area contributed by atoms with Crippen molar-refractivity contribution < 1.29 is 4.73 Å². The van der Waals surface area contributed by atoms with Gasteiger partial charge in [-0.2, -0.15) is 4.73 Å². The molecule has 0 aliphatic carbocycles. The van der Waals surface area contributed by atoms with Crippen LogP contribution in [0.15, 0.2) is 40.3 Å². The van der Waals surface area contributed by atoms with Crippen LogP contribution in [-0.4, -0.2) is 16.2 Å². The lowest BCUT2D eigenvalue weighted by Crippen LogP contribution is -2.43.